The van der Waals surface area contributed by atoms with Gasteiger partial charge < -0.3 is 15.8 Å². The lowest BCUT2D eigenvalue weighted by molar-refractivity contribution is 0.630. The molecule has 11 heteroatoms. The molecular formula is C33H29FN8OS. The normalized spacial score (nSPS) is 11.8. The first-order chi connectivity index (χ1) is 21.4. The van der Waals surface area contributed by atoms with E-state index in [0.29, 0.717) is 29.3 Å². The number of halogens is 1. The molecular weight excluding hydrogens is 575 g/mol. The van der Waals surface area contributed by atoms with Crippen molar-refractivity contribution in [3.63, 3.8) is 0 Å². The van der Waals surface area contributed by atoms with Gasteiger partial charge in [-0.1, -0.05) is 49.4 Å². The molecule has 4 N–H and O–H groups in total. The van der Waals surface area contributed by atoms with Gasteiger partial charge in [-0.3, -0.25) is 14.3 Å². The Labute approximate surface area is 257 Å². The molecule has 0 aliphatic rings. The smallest absolute Gasteiger partial charge is 0.269 e. The standard InChI is InChI=1S/C33H29FN8OS/c1-3-26(31-39-28-15-9-13-25(34)29(28)32(43)42(31)22-11-5-4-6-12-22)38-30-24(19-37-33(35)40-30)21-16-23(18-36-17-21)44-41-27-14-8-7-10-20(27)2/h4-19,26,41H,3H2,1-2H3,(H3,35,37,38,40). The number of para-hydroxylation sites is 2. The molecule has 0 aliphatic heterocycles. The zero-order valence-electron chi connectivity index (χ0n) is 24.0. The van der Waals surface area contributed by atoms with Crippen molar-refractivity contribution < 1.29 is 4.39 Å². The molecule has 0 bridgehead atoms. The van der Waals surface area contributed by atoms with E-state index in [9.17, 15) is 9.18 Å². The lowest BCUT2D eigenvalue weighted by atomic mass is 10.1. The summed E-state index contributed by atoms with van der Waals surface area (Å²) in [6.45, 7) is 4.01. The Hall–Kier alpha value is -5.29. The molecule has 220 valence electrons. The highest BCUT2D eigenvalue weighted by Crippen LogP contribution is 2.33. The van der Waals surface area contributed by atoms with Crippen molar-refractivity contribution in [1.29, 1.82) is 0 Å². The van der Waals surface area contributed by atoms with Crippen molar-refractivity contribution in [3.05, 3.63) is 125 Å². The highest BCUT2D eigenvalue weighted by Gasteiger charge is 2.23. The number of hydrogen-bond acceptors (Lipinski definition) is 9. The van der Waals surface area contributed by atoms with E-state index in [-0.39, 0.29) is 16.9 Å². The van der Waals surface area contributed by atoms with E-state index in [1.165, 1.54) is 22.6 Å². The topological polar surface area (TPSA) is 124 Å². The lowest BCUT2D eigenvalue weighted by Gasteiger charge is -2.23. The number of benzene rings is 3. The van der Waals surface area contributed by atoms with Gasteiger partial charge in [-0.2, -0.15) is 4.98 Å². The van der Waals surface area contributed by atoms with Crippen LogP contribution in [0.4, 0.5) is 21.8 Å². The number of nitrogen functional groups attached to an aromatic ring is 1. The van der Waals surface area contributed by atoms with Gasteiger partial charge in [0.05, 0.1) is 17.2 Å². The molecule has 0 fully saturated rings. The highest BCUT2D eigenvalue weighted by molar-refractivity contribution is 8.00. The van der Waals surface area contributed by atoms with Crippen LogP contribution in [0.25, 0.3) is 27.7 Å². The SMILES string of the molecule is CCC(Nc1nc(N)ncc1-c1cncc(SNc2ccccc2C)c1)c1nc2cccc(F)c2c(=O)n1-c1ccccc1. The first-order valence-corrected chi connectivity index (χ1v) is 14.8. The number of nitrogens with zero attached hydrogens (tertiary/aromatic N) is 5. The van der Waals surface area contributed by atoms with Gasteiger partial charge in [0.2, 0.25) is 5.95 Å². The Morgan fingerprint density at radius 1 is 0.977 bits per heavy atom. The van der Waals surface area contributed by atoms with E-state index in [1.807, 2.05) is 62.4 Å². The molecule has 0 aliphatic carbocycles. The molecule has 6 rings (SSSR count). The molecule has 0 radical (unpaired) electrons. The molecule has 1 unspecified atom stereocenters. The maximum atomic E-state index is 14.9. The summed E-state index contributed by atoms with van der Waals surface area (Å²) < 4.78 is 19.7. The summed E-state index contributed by atoms with van der Waals surface area (Å²) in [4.78, 5) is 32.7. The number of rotatable bonds is 9. The van der Waals surface area contributed by atoms with Gasteiger partial charge in [-0.25, -0.2) is 14.4 Å². The van der Waals surface area contributed by atoms with E-state index < -0.39 is 17.4 Å². The first-order valence-electron chi connectivity index (χ1n) is 14.0. The van der Waals surface area contributed by atoms with E-state index in [4.69, 9.17) is 10.7 Å². The summed E-state index contributed by atoms with van der Waals surface area (Å²) >= 11 is 1.45. The summed E-state index contributed by atoms with van der Waals surface area (Å²) in [7, 11) is 0. The summed E-state index contributed by atoms with van der Waals surface area (Å²) in [5, 5.41) is 3.39. The van der Waals surface area contributed by atoms with Gasteiger partial charge in [0.25, 0.3) is 5.56 Å². The molecule has 0 saturated heterocycles. The summed E-state index contributed by atoms with van der Waals surface area (Å²) in [6, 6.07) is 23.1. The number of aromatic nitrogens is 5. The number of pyridine rings is 1. The van der Waals surface area contributed by atoms with Crippen LogP contribution in [-0.2, 0) is 0 Å². The predicted octanol–water partition coefficient (Wildman–Crippen LogP) is 6.95. The van der Waals surface area contributed by atoms with Crippen molar-refractivity contribution in [2.24, 2.45) is 0 Å². The van der Waals surface area contributed by atoms with Gasteiger partial charge in [0, 0.05) is 40.3 Å². The molecule has 0 saturated carbocycles. The van der Waals surface area contributed by atoms with Crippen molar-refractivity contribution >= 4 is 40.3 Å². The van der Waals surface area contributed by atoms with Crippen molar-refractivity contribution in [1.82, 2.24) is 24.5 Å². The fraction of sp³-hybridized carbons (Fsp3) is 0.121. The molecule has 0 amide bonds. The van der Waals surface area contributed by atoms with Crippen LogP contribution in [0.15, 0.2) is 107 Å². The number of anilines is 3. The van der Waals surface area contributed by atoms with Crippen molar-refractivity contribution in [2.45, 2.75) is 31.2 Å². The monoisotopic (exact) mass is 604 g/mol. The zero-order chi connectivity index (χ0) is 30.6. The minimum Gasteiger partial charge on any atom is -0.368 e. The van der Waals surface area contributed by atoms with E-state index >= 15 is 0 Å². The third-order valence-electron chi connectivity index (χ3n) is 7.17. The summed E-state index contributed by atoms with van der Waals surface area (Å²) in [6.07, 6.45) is 5.68. The molecule has 1 atom stereocenters. The quantitative estimate of drug-likeness (QED) is 0.150. The number of hydrogen-bond donors (Lipinski definition) is 3. The maximum absolute atomic E-state index is 14.9. The fourth-order valence-electron chi connectivity index (χ4n) is 4.92. The van der Waals surface area contributed by atoms with Gasteiger partial charge in [0.15, 0.2) is 0 Å². The molecule has 3 aromatic carbocycles. The van der Waals surface area contributed by atoms with Crippen LogP contribution in [0.3, 0.4) is 0 Å². The van der Waals surface area contributed by atoms with Crippen molar-refractivity contribution in [3.8, 4) is 16.8 Å². The lowest BCUT2D eigenvalue weighted by Crippen LogP contribution is -2.29. The van der Waals surface area contributed by atoms with Crippen LogP contribution in [0.1, 0.15) is 30.8 Å². The molecule has 0 spiro atoms. The molecule has 3 aromatic heterocycles. The second kappa shape index (κ2) is 12.5. The van der Waals surface area contributed by atoms with Gasteiger partial charge in [-0.15, -0.1) is 0 Å². The van der Waals surface area contributed by atoms with Gasteiger partial charge >= 0.3 is 0 Å². The van der Waals surface area contributed by atoms with E-state index in [2.05, 4.69) is 25.0 Å². The molecule has 3 heterocycles. The summed E-state index contributed by atoms with van der Waals surface area (Å²) in [5.41, 5.74) is 9.99. The van der Waals surface area contributed by atoms with E-state index in [1.54, 1.807) is 42.9 Å². The number of nitrogens with two attached hydrogens (primary N) is 1. The third-order valence-corrected chi connectivity index (χ3v) is 7.95. The number of fused-ring (bicyclic) bond motifs is 1. The largest absolute Gasteiger partial charge is 0.368 e. The minimum atomic E-state index is -0.620. The zero-order valence-corrected chi connectivity index (χ0v) is 24.8. The predicted molar refractivity (Wildman–Crippen MR) is 174 cm³/mol. The number of nitrogens with one attached hydrogen (secondary N) is 2. The molecule has 9 nitrogen and oxygen atoms in total. The minimum absolute atomic E-state index is 0.0679. The average molecular weight is 605 g/mol. The van der Waals surface area contributed by atoms with Crippen LogP contribution >= 0.6 is 11.9 Å². The Morgan fingerprint density at radius 2 is 1.77 bits per heavy atom. The second-order valence-corrected chi connectivity index (χ2v) is 11.0. The summed E-state index contributed by atoms with van der Waals surface area (Å²) in [5.74, 6) is 0.327. The van der Waals surface area contributed by atoms with Crippen LogP contribution < -0.4 is 21.3 Å². The van der Waals surface area contributed by atoms with Crippen LogP contribution in [-0.4, -0.2) is 24.5 Å². The maximum Gasteiger partial charge on any atom is 0.269 e. The Kier molecular flexibility index (Phi) is 8.20. The average Bonchev–Trinajstić information content (AvgIpc) is 3.04. The number of aryl methyl sites for hydroxylation is 1. The molecule has 6 aromatic rings. The van der Waals surface area contributed by atoms with Crippen LogP contribution in [0.5, 0.6) is 0 Å². The fourth-order valence-corrected chi connectivity index (χ4v) is 5.68. The Bertz CT molecular complexity index is 2020. The molecule has 44 heavy (non-hydrogen) atoms. The van der Waals surface area contributed by atoms with E-state index in [0.717, 1.165) is 21.7 Å². The first kappa shape index (κ1) is 28.8. The third kappa shape index (κ3) is 5.82. The second-order valence-electron chi connectivity index (χ2n) is 10.1. The highest BCUT2D eigenvalue weighted by atomic mass is 32.2. The van der Waals surface area contributed by atoms with Crippen molar-refractivity contribution in [2.75, 3.05) is 15.8 Å². The Morgan fingerprint density at radius 3 is 2.57 bits per heavy atom. The van der Waals surface area contributed by atoms with Gasteiger partial charge in [-0.05, 0) is 67.3 Å². The van der Waals surface area contributed by atoms with Crippen LogP contribution in [0.2, 0.25) is 0 Å². The Balaban J connectivity index is 1.40. The van der Waals surface area contributed by atoms with Crippen LogP contribution in [0, 0.1) is 12.7 Å². The van der Waals surface area contributed by atoms with Gasteiger partial charge in [0.1, 0.15) is 22.8 Å².